The molecule has 1 rings (SSSR count). The Morgan fingerprint density at radius 3 is 2.94 bits per heavy atom. The fourth-order valence-electron chi connectivity index (χ4n) is 1.29. The van der Waals surface area contributed by atoms with Crippen molar-refractivity contribution in [1.29, 1.82) is 0 Å². The summed E-state index contributed by atoms with van der Waals surface area (Å²) in [5.41, 5.74) is 0.512. The highest BCUT2D eigenvalue weighted by atomic mass is 32.2. The average Bonchev–Trinajstić information content (AvgIpc) is 2.29. The molecule has 1 amide bonds. The monoisotopic (exact) mass is 255 g/mol. The zero-order valence-electron chi connectivity index (χ0n) is 10.2. The first-order valence-electron chi connectivity index (χ1n) is 5.81. The van der Waals surface area contributed by atoms with Crippen LogP contribution >= 0.6 is 11.8 Å². The Bertz CT molecular complexity index is 370. The van der Waals surface area contributed by atoms with E-state index in [1.807, 2.05) is 6.92 Å². The molecule has 17 heavy (non-hydrogen) atoms. The molecule has 1 unspecified atom stereocenters. The van der Waals surface area contributed by atoms with Gasteiger partial charge >= 0.3 is 0 Å². The number of nitrogens with one attached hydrogen (secondary N) is 1. The van der Waals surface area contributed by atoms with Crippen LogP contribution in [0.2, 0.25) is 0 Å². The molecular formula is C13H18FNOS. The van der Waals surface area contributed by atoms with E-state index >= 15 is 0 Å². The molecular weight excluding hydrogens is 237 g/mol. The minimum absolute atomic E-state index is 0.0725. The van der Waals surface area contributed by atoms with Crippen molar-refractivity contribution >= 4 is 23.4 Å². The lowest BCUT2D eigenvalue weighted by atomic mass is 10.3. The van der Waals surface area contributed by atoms with Crippen LogP contribution in [0.1, 0.15) is 26.7 Å². The van der Waals surface area contributed by atoms with Crippen molar-refractivity contribution in [3.8, 4) is 0 Å². The number of hydrogen-bond donors (Lipinski definition) is 1. The topological polar surface area (TPSA) is 29.1 Å². The average molecular weight is 255 g/mol. The van der Waals surface area contributed by atoms with E-state index in [9.17, 15) is 9.18 Å². The van der Waals surface area contributed by atoms with Crippen molar-refractivity contribution in [2.24, 2.45) is 0 Å². The number of thioether (sulfide) groups is 1. The van der Waals surface area contributed by atoms with Gasteiger partial charge in [0.1, 0.15) is 5.82 Å². The summed E-state index contributed by atoms with van der Waals surface area (Å²) in [7, 11) is 0. The molecule has 0 saturated heterocycles. The highest BCUT2D eigenvalue weighted by Gasteiger charge is 2.13. The van der Waals surface area contributed by atoms with Gasteiger partial charge in [0.05, 0.1) is 5.25 Å². The Kier molecular flexibility index (Phi) is 6.05. The number of unbranched alkanes of at least 4 members (excludes halogenated alkanes) is 1. The van der Waals surface area contributed by atoms with Crippen molar-refractivity contribution < 1.29 is 9.18 Å². The van der Waals surface area contributed by atoms with Gasteiger partial charge in [-0.3, -0.25) is 4.79 Å². The highest BCUT2D eigenvalue weighted by Crippen LogP contribution is 2.16. The predicted octanol–water partition coefficient (Wildman–Crippen LogP) is 3.69. The molecule has 0 aliphatic carbocycles. The number of anilines is 1. The zero-order valence-corrected chi connectivity index (χ0v) is 11.0. The molecule has 1 aromatic rings. The second-order valence-electron chi connectivity index (χ2n) is 3.87. The lowest BCUT2D eigenvalue weighted by molar-refractivity contribution is -0.115. The standard InChI is InChI=1S/C13H18FNOS/c1-3-4-8-17-10(2)13(16)15-12-7-5-6-11(14)9-12/h5-7,9-10H,3-4,8H2,1-2H3,(H,15,16). The summed E-state index contributed by atoms with van der Waals surface area (Å²) in [6.45, 7) is 3.99. The maximum atomic E-state index is 12.9. The molecule has 0 radical (unpaired) electrons. The Labute approximate surface area is 106 Å². The summed E-state index contributed by atoms with van der Waals surface area (Å²) in [4.78, 5) is 11.8. The molecule has 0 spiro atoms. The van der Waals surface area contributed by atoms with Gasteiger partial charge in [0.15, 0.2) is 0 Å². The summed E-state index contributed by atoms with van der Waals surface area (Å²) in [5.74, 6) is 0.569. The van der Waals surface area contributed by atoms with E-state index in [2.05, 4.69) is 12.2 Å². The van der Waals surface area contributed by atoms with Crippen LogP contribution in [-0.2, 0) is 4.79 Å². The molecule has 2 nitrogen and oxygen atoms in total. The number of rotatable bonds is 6. The molecule has 4 heteroatoms. The van der Waals surface area contributed by atoms with E-state index in [0.29, 0.717) is 5.69 Å². The molecule has 0 aromatic heterocycles. The van der Waals surface area contributed by atoms with Crippen molar-refractivity contribution in [3.63, 3.8) is 0 Å². The predicted molar refractivity (Wildman–Crippen MR) is 71.9 cm³/mol. The van der Waals surface area contributed by atoms with Gasteiger partial charge in [0, 0.05) is 5.69 Å². The fourth-order valence-corrected chi connectivity index (χ4v) is 2.31. The smallest absolute Gasteiger partial charge is 0.237 e. The molecule has 0 saturated carbocycles. The maximum Gasteiger partial charge on any atom is 0.237 e. The first-order valence-corrected chi connectivity index (χ1v) is 6.86. The summed E-state index contributed by atoms with van der Waals surface area (Å²) in [6, 6.07) is 5.95. The van der Waals surface area contributed by atoms with Gasteiger partial charge in [0.25, 0.3) is 0 Å². The lowest BCUT2D eigenvalue weighted by Gasteiger charge is -2.11. The molecule has 0 aliphatic heterocycles. The number of hydrogen-bond acceptors (Lipinski definition) is 2. The first-order chi connectivity index (χ1) is 8.13. The van der Waals surface area contributed by atoms with Gasteiger partial charge in [-0.05, 0) is 37.3 Å². The van der Waals surface area contributed by atoms with Crippen LogP contribution in [0.4, 0.5) is 10.1 Å². The molecule has 1 atom stereocenters. The van der Waals surface area contributed by atoms with Gasteiger partial charge in [-0.15, -0.1) is 11.8 Å². The largest absolute Gasteiger partial charge is 0.325 e. The zero-order chi connectivity index (χ0) is 12.7. The Hall–Kier alpha value is -1.03. The first kappa shape index (κ1) is 14.0. The molecule has 1 N–H and O–H groups in total. The van der Waals surface area contributed by atoms with E-state index in [1.165, 1.54) is 12.1 Å². The van der Waals surface area contributed by atoms with Gasteiger partial charge < -0.3 is 5.32 Å². The highest BCUT2D eigenvalue weighted by molar-refractivity contribution is 8.00. The van der Waals surface area contributed by atoms with Crippen LogP contribution in [0, 0.1) is 5.82 Å². The van der Waals surface area contributed by atoms with Gasteiger partial charge in [0.2, 0.25) is 5.91 Å². The summed E-state index contributed by atoms with van der Waals surface area (Å²) in [5, 5.41) is 2.60. The van der Waals surface area contributed by atoms with Crippen LogP contribution in [0.15, 0.2) is 24.3 Å². The van der Waals surface area contributed by atoms with Crippen molar-refractivity contribution in [2.45, 2.75) is 31.9 Å². The third kappa shape index (κ3) is 5.22. The van der Waals surface area contributed by atoms with Crippen molar-refractivity contribution in [1.82, 2.24) is 0 Å². The number of carbonyl (C=O) groups is 1. The Balaban J connectivity index is 2.43. The normalized spacial score (nSPS) is 12.2. The summed E-state index contributed by atoms with van der Waals surface area (Å²) >= 11 is 1.63. The molecule has 0 heterocycles. The van der Waals surface area contributed by atoms with E-state index < -0.39 is 0 Å². The molecule has 1 aromatic carbocycles. The van der Waals surface area contributed by atoms with Gasteiger partial charge in [-0.25, -0.2) is 4.39 Å². The van der Waals surface area contributed by atoms with E-state index in [0.717, 1.165) is 18.6 Å². The van der Waals surface area contributed by atoms with Gasteiger partial charge in [-0.2, -0.15) is 0 Å². The van der Waals surface area contributed by atoms with Crippen molar-refractivity contribution in [3.05, 3.63) is 30.1 Å². The fraction of sp³-hybridized carbons (Fsp3) is 0.462. The van der Waals surface area contributed by atoms with Crippen LogP contribution < -0.4 is 5.32 Å². The minimum atomic E-state index is -0.339. The molecule has 0 fully saturated rings. The van der Waals surface area contributed by atoms with E-state index in [-0.39, 0.29) is 17.0 Å². The third-order valence-corrected chi connectivity index (χ3v) is 3.57. The minimum Gasteiger partial charge on any atom is -0.325 e. The van der Waals surface area contributed by atoms with Crippen molar-refractivity contribution in [2.75, 3.05) is 11.1 Å². The SMILES string of the molecule is CCCCSC(C)C(=O)Nc1cccc(F)c1. The third-order valence-electron chi connectivity index (χ3n) is 2.33. The lowest BCUT2D eigenvalue weighted by Crippen LogP contribution is -2.22. The summed E-state index contributed by atoms with van der Waals surface area (Å²) < 4.78 is 12.9. The summed E-state index contributed by atoms with van der Waals surface area (Å²) in [6.07, 6.45) is 2.24. The van der Waals surface area contributed by atoms with E-state index in [4.69, 9.17) is 0 Å². The number of carbonyl (C=O) groups excluding carboxylic acids is 1. The number of halogens is 1. The number of amides is 1. The second-order valence-corrected chi connectivity index (χ2v) is 5.31. The Morgan fingerprint density at radius 2 is 2.29 bits per heavy atom. The Morgan fingerprint density at radius 1 is 1.53 bits per heavy atom. The van der Waals surface area contributed by atoms with Crippen LogP contribution in [0.5, 0.6) is 0 Å². The quantitative estimate of drug-likeness (QED) is 0.785. The van der Waals surface area contributed by atoms with Gasteiger partial charge in [-0.1, -0.05) is 19.4 Å². The maximum absolute atomic E-state index is 12.9. The van der Waals surface area contributed by atoms with E-state index in [1.54, 1.807) is 23.9 Å². The molecule has 94 valence electrons. The van der Waals surface area contributed by atoms with Crippen LogP contribution in [0.25, 0.3) is 0 Å². The molecule has 0 bridgehead atoms. The molecule has 0 aliphatic rings. The van der Waals surface area contributed by atoms with Crippen LogP contribution in [-0.4, -0.2) is 16.9 Å². The second kappa shape index (κ2) is 7.33. The number of benzene rings is 1. The van der Waals surface area contributed by atoms with Crippen LogP contribution in [0.3, 0.4) is 0 Å².